The van der Waals surface area contributed by atoms with E-state index in [1.54, 1.807) is 4.31 Å². The largest absolute Gasteiger partial charge is 0.328 e. The molecule has 0 spiro atoms. The summed E-state index contributed by atoms with van der Waals surface area (Å²) >= 11 is 0. The van der Waals surface area contributed by atoms with Gasteiger partial charge in [-0.25, -0.2) is 8.42 Å². The standard InChI is InChI=1S/C13H21N3O3S/c1-3-11-10-15(2)7-4-8-16(11)20(18,19)12-5-6-13(17)14-9-12/h5-6,9,11H,3-4,7-8,10H2,1-2H3,(H,14,17). The van der Waals surface area contributed by atoms with Gasteiger partial charge in [-0.3, -0.25) is 4.79 Å². The van der Waals surface area contributed by atoms with Gasteiger partial charge in [-0.05, 0) is 32.5 Å². The zero-order valence-corrected chi connectivity index (χ0v) is 12.7. The second kappa shape index (κ2) is 6.07. The molecule has 1 atom stereocenters. The minimum absolute atomic E-state index is 0.0283. The molecular weight excluding hydrogens is 278 g/mol. The third-order valence-electron chi connectivity index (χ3n) is 3.68. The number of nitrogens with zero attached hydrogens (tertiary/aromatic N) is 2. The van der Waals surface area contributed by atoms with Crippen LogP contribution in [0.4, 0.5) is 0 Å². The summed E-state index contributed by atoms with van der Waals surface area (Å²) in [5.41, 5.74) is -0.299. The molecule has 2 rings (SSSR count). The molecule has 0 bridgehead atoms. The number of H-pyrrole nitrogens is 1. The maximum absolute atomic E-state index is 12.7. The Kier molecular flexibility index (Phi) is 4.62. The van der Waals surface area contributed by atoms with E-state index in [-0.39, 0.29) is 16.5 Å². The lowest BCUT2D eigenvalue weighted by molar-refractivity contribution is 0.270. The maximum atomic E-state index is 12.7. The quantitative estimate of drug-likeness (QED) is 0.881. The van der Waals surface area contributed by atoms with E-state index in [0.29, 0.717) is 6.54 Å². The average molecular weight is 299 g/mol. The number of hydrogen-bond donors (Lipinski definition) is 1. The van der Waals surface area contributed by atoms with Crippen LogP contribution in [0.25, 0.3) is 0 Å². The van der Waals surface area contributed by atoms with Crippen LogP contribution in [0.3, 0.4) is 0 Å². The van der Waals surface area contributed by atoms with Gasteiger partial charge in [0.2, 0.25) is 15.6 Å². The normalized spacial score (nSPS) is 22.6. The molecule has 1 aromatic rings. The van der Waals surface area contributed by atoms with E-state index in [4.69, 9.17) is 0 Å². The third-order valence-corrected chi connectivity index (χ3v) is 5.63. The fourth-order valence-electron chi connectivity index (χ4n) is 2.56. The van der Waals surface area contributed by atoms with Crippen molar-refractivity contribution in [1.82, 2.24) is 14.2 Å². The first-order valence-corrected chi connectivity index (χ1v) is 8.28. The Balaban J connectivity index is 2.35. The first-order valence-electron chi connectivity index (χ1n) is 6.84. The van der Waals surface area contributed by atoms with E-state index in [0.717, 1.165) is 25.9 Å². The second-order valence-corrected chi connectivity index (χ2v) is 7.07. The van der Waals surface area contributed by atoms with Crippen LogP contribution >= 0.6 is 0 Å². The van der Waals surface area contributed by atoms with Gasteiger partial charge >= 0.3 is 0 Å². The summed E-state index contributed by atoms with van der Waals surface area (Å²) in [6, 6.07) is 2.59. The number of aromatic amines is 1. The molecule has 0 aliphatic carbocycles. The molecule has 0 saturated carbocycles. The minimum atomic E-state index is -3.55. The van der Waals surface area contributed by atoms with Gasteiger partial charge in [0.05, 0.1) is 4.90 Å². The molecule has 1 unspecified atom stereocenters. The van der Waals surface area contributed by atoms with E-state index >= 15 is 0 Å². The lowest BCUT2D eigenvalue weighted by atomic mass is 10.2. The molecule has 1 aliphatic rings. The number of pyridine rings is 1. The maximum Gasteiger partial charge on any atom is 0.247 e. The van der Waals surface area contributed by atoms with E-state index in [2.05, 4.69) is 9.88 Å². The smallest absolute Gasteiger partial charge is 0.247 e. The highest BCUT2D eigenvalue weighted by molar-refractivity contribution is 7.89. The van der Waals surface area contributed by atoms with E-state index < -0.39 is 10.0 Å². The van der Waals surface area contributed by atoms with Crippen molar-refractivity contribution in [3.63, 3.8) is 0 Å². The molecule has 1 aromatic heterocycles. The molecule has 0 aromatic carbocycles. The van der Waals surface area contributed by atoms with Crippen molar-refractivity contribution in [2.75, 3.05) is 26.7 Å². The van der Waals surface area contributed by atoms with E-state index in [1.165, 1.54) is 18.3 Å². The molecule has 0 radical (unpaired) electrons. The molecule has 20 heavy (non-hydrogen) atoms. The fourth-order valence-corrected chi connectivity index (χ4v) is 4.26. The molecule has 7 heteroatoms. The van der Waals surface area contributed by atoms with Gasteiger partial charge in [0, 0.05) is 31.4 Å². The van der Waals surface area contributed by atoms with Crippen LogP contribution < -0.4 is 5.56 Å². The first kappa shape index (κ1) is 15.2. The lowest BCUT2D eigenvalue weighted by Crippen LogP contribution is -2.43. The highest BCUT2D eigenvalue weighted by Crippen LogP contribution is 2.21. The van der Waals surface area contributed by atoms with Gasteiger partial charge in [0.25, 0.3) is 0 Å². The van der Waals surface area contributed by atoms with Gasteiger partial charge in [-0.15, -0.1) is 0 Å². The number of rotatable bonds is 3. The summed E-state index contributed by atoms with van der Waals surface area (Å²) in [6.45, 7) is 4.15. The van der Waals surface area contributed by atoms with Crippen LogP contribution in [0.15, 0.2) is 28.0 Å². The molecule has 0 amide bonds. The van der Waals surface area contributed by atoms with Gasteiger partial charge in [-0.1, -0.05) is 6.92 Å². The SMILES string of the molecule is CCC1CN(C)CCCN1S(=O)(=O)c1ccc(=O)[nH]c1. The summed E-state index contributed by atoms with van der Waals surface area (Å²) in [7, 11) is -1.54. The molecular formula is C13H21N3O3S. The Labute approximate surface area is 119 Å². The van der Waals surface area contributed by atoms with Gasteiger partial charge in [-0.2, -0.15) is 4.31 Å². The van der Waals surface area contributed by atoms with E-state index in [1.807, 2.05) is 14.0 Å². The number of aromatic nitrogens is 1. The summed E-state index contributed by atoms with van der Waals surface area (Å²) in [6.07, 6.45) is 2.86. The topological polar surface area (TPSA) is 73.5 Å². The highest BCUT2D eigenvalue weighted by Gasteiger charge is 2.32. The summed E-state index contributed by atoms with van der Waals surface area (Å²) in [5, 5.41) is 0. The number of hydrogen-bond acceptors (Lipinski definition) is 4. The zero-order chi connectivity index (χ0) is 14.8. The minimum Gasteiger partial charge on any atom is -0.328 e. The van der Waals surface area contributed by atoms with Crippen LogP contribution in [-0.2, 0) is 10.0 Å². The van der Waals surface area contributed by atoms with Crippen molar-refractivity contribution in [2.45, 2.75) is 30.7 Å². The van der Waals surface area contributed by atoms with Gasteiger partial charge in [0.1, 0.15) is 0 Å². The van der Waals surface area contributed by atoms with Crippen LogP contribution in [0, 0.1) is 0 Å². The molecule has 1 fully saturated rings. The van der Waals surface area contributed by atoms with Crippen LogP contribution in [0.2, 0.25) is 0 Å². The Morgan fingerprint density at radius 3 is 2.70 bits per heavy atom. The summed E-state index contributed by atoms with van der Waals surface area (Å²) in [4.78, 5) is 15.8. The Morgan fingerprint density at radius 2 is 2.10 bits per heavy atom. The molecule has 1 saturated heterocycles. The van der Waals surface area contributed by atoms with E-state index in [9.17, 15) is 13.2 Å². The molecule has 2 heterocycles. The van der Waals surface area contributed by atoms with Crippen molar-refractivity contribution in [3.8, 4) is 0 Å². The Morgan fingerprint density at radius 1 is 1.35 bits per heavy atom. The molecule has 1 N–H and O–H groups in total. The van der Waals surface area contributed by atoms with Gasteiger partial charge in [0.15, 0.2) is 0 Å². The Hall–Kier alpha value is -1.18. The Bertz CT molecular complexity index is 591. The predicted octanol–water partition coefficient (Wildman–Crippen LogP) is 0.480. The van der Waals surface area contributed by atoms with Crippen molar-refractivity contribution >= 4 is 10.0 Å². The predicted molar refractivity (Wildman–Crippen MR) is 77.1 cm³/mol. The molecule has 112 valence electrons. The van der Waals surface area contributed by atoms with Gasteiger partial charge < -0.3 is 9.88 Å². The second-order valence-electron chi connectivity index (χ2n) is 5.18. The van der Waals surface area contributed by atoms with Crippen molar-refractivity contribution in [1.29, 1.82) is 0 Å². The fraction of sp³-hybridized carbons (Fsp3) is 0.615. The molecule has 6 nitrogen and oxygen atoms in total. The van der Waals surface area contributed by atoms with Crippen LogP contribution in [0.5, 0.6) is 0 Å². The lowest BCUT2D eigenvalue weighted by Gasteiger charge is -2.29. The number of sulfonamides is 1. The average Bonchev–Trinajstić information content (AvgIpc) is 2.61. The summed E-state index contributed by atoms with van der Waals surface area (Å²) in [5.74, 6) is 0. The van der Waals surface area contributed by atoms with Crippen molar-refractivity contribution in [2.24, 2.45) is 0 Å². The summed E-state index contributed by atoms with van der Waals surface area (Å²) < 4.78 is 27.0. The monoisotopic (exact) mass is 299 g/mol. The first-order chi connectivity index (χ1) is 9.45. The van der Waals surface area contributed by atoms with Crippen LogP contribution in [0.1, 0.15) is 19.8 Å². The third kappa shape index (κ3) is 3.11. The van der Waals surface area contributed by atoms with Crippen LogP contribution in [-0.4, -0.2) is 55.3 Å². The molecule has 1 aliphatic heterocycles. The van der Waals surface area contributed by atoms with Crippen molar-refractivity contribution < 1.29 is 8.42 Å². The highest BCUT2D eigenvalue weighted by atomic mass is 32.2. The number of nitrogens with one attached hydrogen (secondary N) is 1. The van der Waals surface area contributed by atoms with Crippen molar-refractivity contribution in [3.05, 3.63) is 28.7 Å². The number of likely N-dealkylation sites (N-methyl/N-ethyl adjacent to an activating group) is 1. The zero-order valence-electron chi connectivity index (χ0n) is 11.9.